The monoisotopic (exact) mass is 256 g/mol. The number of carbonyl (C=O) groups is 1. The first kappa shape index (κ1) is 11.9. The number of carboxylic acids is 1. The quantitative estimate of drug-likeness (QED) is 0.919. The number of aromatic carboxylic acids is 1. The molecule has 0 aliphatic carbocycles. The zero-order valence-corrected chi connectivity index (χ0v) is 9.83. The standard InChI is InChI=1S/C11H10ClFN2O2/c1-2-3-8-9(11(16)17)15-5-6(13)4-7(12)10(15)14-8/h4-5H,2-3H2,1H3,(H,16,17). The highest BCUT2D eigenvalue weighted by molar-refractivity contribution is 6.33. The molecule has 0 saturated heterocycles. The Morgan fingerprint density at radius 3 is 2.94 bits per heavy atom. The summed E-state index contributed by atoms with van der Waals surface area (Å²) in [6, 6.07) is 1.12. The molecule has 0 aromatic carbocycles. The number of carboxylic acid groups (broad SMARTS) is 1. The van der Waals surface area contributed by atoms with Crippen LogP contribution in [0.3, 0.4) is 0 Å². The van der Waals surface area contributed by atoms with Crippen molar-refractivity contribution < 1.29 is 14.3 Å². The van der Waals surface area contributed by atoms with Gasteiger partial charge < -0.3 is 5.11 Å². The molecule has 2 rings (SSSR count). The molecule has 0 amide bonds. The van der Waals surface area contributed by atoms with Crippen LogP contribution in [0.4, 0.5) is 4.39 Å². The van der Waals surface area contributed by atoms with Crippen molar-refractivity contribution in [1.82, 2.24) is 9.38 Å². The van der Waals surface area contributed by atoms with E-state index in [1.165, 1.54) is 4.40 Å². The second-order valence-corrected chi connectivity index (χ2v) is 4.07. The smallest absolute Gasteiger partial charge is 0.354 e. The minimum absolute atomic E-state index is 0.0248. The average molecular weight is 257 g/mol. The first-order chi connectivity index (χ1) is 8.04. The van der Waals surface area contributed by atoms with E-state index in [1.54, 1.807) is 0 Å². The van der Waals surface area contributed by atoms with Gasteiger partial charge >= 0.3 is 5.97 Å². The van der Waals surface area contributed by atoms with Gasteiger partial charge in [0.05, 0.1) is 10.7 Å². The van der Waals surface area contributed by atoms with Gasteiger partial charge in [-0.3, -0.25) is 4.40 Å². The normalized spacial score (nSPS) is 11.0. The molecule has 0 aliphatic rings. The Hall–Kier alpha value is -1.62. The maximum Gasteiger partial charge on any atom is 0.354 e. The predicted octanol–water partition coefficient (Wildman–Crippen LogP) is 2.78. The van der Waals surface area contributed by atoms with Gasteiger partial charge in [0, 0.05) is 6.20 Å². The summed E-state index contributed by atoms with van der Waals surface area (Å²) in [5.74, 6) is -1.73. The summed E-state index contributed by atoms with van der Waals surface area (Å²) in [5, 5.41) is 9.24. The van der Waals surface area contributed by atoms with Gasteiger partial charge in [0.1, 0.15) is 5.82 Å². The molecule has 0 fully saturated rings. The van der Waals surface area contributed by atoms with Crippen molar-refractivity contribution in [3.8, 4) is 0 Å². The maximum atomic E-state index is 13.2. The summed E-state index contributed by atoms with van der Waals surface area (Å²) in [7, 11) is 0. The number of hydrogen-bond acceptors (Lipinski definition) is 2. The fourth-order valence-corrected chi connectivity index (χ4v) is 2.00. The first-order valence-corrected chi connectivity index (χ1v) is 5.51. The fourth-order valence-electron chi connectivity index (χ4n) is 1.76. The van der Waals surface area contributed by atoms with Crippen LogP contribution in [-0.2, 0) is 6.42 Å². The molecule has 90 valence electrons. The van der Waals surface area contributed by atoms with Gasteiger partial charge in [0.2, 0.25) is 0 Å². The highest BCUT2D eigenvalue weighted by Crippen LogP contribution is 2.22. The number of imidazole rings is 1. The molecule has 0 spiro atoms. The SMILES string of the molecule is CCCc1nc2c(Cl)cc(F)cn2c1C(=O)O. The minimum atomic E-state index is -1.14. The van der Waals surface area contributed by atoms with Gasteiger partial charge in [0.25, 0.3) is 0 Å². The molecule has 0 unspecified atom stereocenters. The Kier molecular flexibility index (Phi) is 3.02. The lowest BCUT2D eigenvalue weighted by Gasteiger charge is -1.99. The van der Waals surface area contributed by atoms with Gasteiger partial charge in [-0.25, -0.2) is 14.2 Å². The van der Waals surface area contributed by atoms with Crippen LogP contribution in [0.5, 0.6) is 0 Å². The lowest BCUT2D eigenvalue weighted by Crippen LogP contribution is -2.05. The molecule has 2 aromatic rings. The number of pyridine rings is 1. The van der Waals surface area contributed by atoms with Gasteiger partial charge in [-0.05, 0) is 12.5 Å². The van der Waals surface area contributed by atoms with E-state index in [0.717, 1.165) is 18.7 Å². The minimum Gasteiger partial charge on any atom is -0.477 e. The van der Waals surface area contributed by atoms with E-state index in [9.17, 15) is 9.18 Å². The molecular weight excluding hydrogens is 247 g/mol. The summed E-state index contributed by atoms with van der Waals surface area (Å²) in [6.07, 6.45) is 2.35. The Bertz CT molecular complexity index is 595. The van der Waals surface area contributed by atoms with Crippen molar-refractivity contribution >= 4 is 23.2 Å². The molecule has 0 atom stereocenters. The van der Waals surface area contributed by atoms with Crippen molar-refractivity contribution in [2.24, 2.45) is 0 Å². The van der Waals surface area contributed by atoms with Crippen LogP contribution in [-0.4, -0.2) is 20.5 Å². The van der Waals surface area contributed by atoms with Gasteiger partial charge in [-0.2, -0.15) is 0 Å². The zero-order chi connectivity index (χ0) is 12.6. The van der Waals surface area contributed by atoms with Crippen LogP contribution < -0.4 is 0 Å². The molecule has 2 aromatic heterocycles. The summed E-state index contributed by atoms with van der Waals surface area (Å²) in [6.45, 7) is 1.91. The number of rotatable bonds is 3. The van der Waals surface area contributed by atoms with Gasteiger partial charge in [-0.15, -0.1) is 0 Å². The average Bonchev–Trinajstić information content (AvgIpc) is 2.57. The second kappa shape index (κ2) is 4.33. The number of hydrogen-bond donors (Lipinski definition) is 1. The summed E-state index contributed by atoms with van der Waals surface area (Å²) in [4.78, 5) is 15.3. The number of aromatic nitrogens is 2. The molecule has 1 N–H and O–H groups in total. The van der Waals surface area contributed by atoms with E-state index < -0.39 is 11.8 Å². The fraction of sp³-hybridized carbons (Fsp3) is 0.273. The number of fused-ring (bicyclic) bond motifs is 1. The molecule has 0 bridgehead atoms. The molecule has 0 aliphatic heterocycles. The van der Waals surface area contributed by atoms with Crippen LogP contribution >= 0.6 is 11.6 Å². The third kappa shape index (κ3) is 1.98. The molecule has 6 heteroatoms. The van der Waals surface area contributed by atoms with Crippen LogP contribution in [0, 0.1) is 5.82 Å². The maximum absolute atomic E-state index is 13.2. The van der Waals surface area contributed by atoms with Crippen LogP contribution in [0.1, 0.15) is 29.5 Å². The van der Waals surface area contributed by atoms with E-state index in [4.69, 9.17) is 16.7 Å². The highest BCUT2D eigenvalue weighted by Gasteiger charge is 2.19. The van der Waals surface area contributed by atoms with Crippen molar-refractivity contribution in [3.05, 3.63) is 34.5 Å². The molecular formula is C11H10ClFN2O2. The zero-order valence-electron chi connectivity index (χ0n) is 9.07. The predicted molar refractivity (Wildman–Crippen MR) is 61.1 cm³/mol. The third-order valence-electron chi connectivity index (χ3n) is 2.40. The van der Waals surface area contributed by atoms with Crippen LogP contribution in [0.15, 0.2) is 12.3 Å². The van der Waals surface area contributed by atoms with E-state index in [0.29, 0.717) is 12.1 Å². The topological polar surface area (TPSA) is 54.6 Å². The second-order valence-electron chi connectivity index (χ2n) is 3.66. The first-order valence-electron chi connectivity index (χ1n) is 5.14. The molecule has 0 radical (unpaired) electrons. The van der Waals surface area contributed by atoms with E-state index in [1.807, 2.05) is 6.92 Å². The largest absolute Gasteiger partial charge is 0.477 e. The number of aryl methyl sites for hydroxylation is 1. The van der Waals surface area contributed by atoms with Gasteiger partial charge in [-0.1, -0.05) is 24.9 Å². The lowest BCUT2D eigenvalue weighted by atomic mass is 10.2. The molecule has 17 heavy (non-hydrogen) atoms. The third-order valence-corrected chi connectivity index (χ3v) is 2.68. The molecule has 2 heterocycles. The van der Waals surface area contributed by atoms with Crippen molar-refractivity contribution in [1.29, 1.82) is 0 Å². The van der Waals surface area contributed by atoms with Crippen LogP contribution in [0.2, 0.25) is 5.02 Å². The van der Waals surface area contributed by atoms with Crippen molar-refractivity contribution in [2.45, 2.75) is 19.8 Å². The lowest BCUT2D eigenvalue weighted by molar-refractivity contribution is 0.0688. The van der Waals surface area contributed by atoms with E-state index in [-0.39, 0.29) is 16.4 Å². The van der Waals surface area contributed by atoms with E-state index in [2.05, 4.69) is 4.98 Å². The number of nitrogens with zero attached hydrogens (tertiary/aromatic N) is 2. The highest BCUT2D eigenvalue weighted by atomic mass is 35.5. The Labute approximate surface area is 102 Å². The Morgan fingerprint density at radius 2 is 2.35 bits per heavy atom. The van der Waals surface area contributed by atoms with Crippen molar-refractivity contribution in [3.63, 3.8) is 0 Å². The van der Waals surface area contributed by atoms with Crippen LogP contribution in [0.25, 0.3) is 5.65 Å². The Morgan fingerprint density at radius 1 is 1.65 bits per heavy atom. The van der Waals surface area contributed by atoms with Crippen molar-refractivity contribution in [2.75, 3.05) is 0 Å². The molecule has 4 nitrogen and oxygen atoms in total. The van der Waals surface area contributed by atoms with E-state index >= 15 is 0 Å². The number of halogens is 2. The van der Waals surface area contributed by atoms with Gasteiger partial charge in [0.15, 0.2) is 11.3 Å². The summed E-state index contributed by atoms with van der Waals surface area (Å²) >= 11 is 5.84. The summed E-state index contributed by atoms with van der Waals surface area (Å²) in [5.41, 5.74) is 0.671. The molecule has 0 saturated carbocycles. The summed E-state index contributed by atoms with van der Waals surface area (Å²) < 4.78 is 14.4. The Balaban J connectivity index is 2.80.